The maximum absolute atomic E-state index is 12.4. The van der Waals surface area contributed by atoms with Gasteiger partial charge in [-0.1, -0.05) is 15.9 Å². The molecule has 1 aliphatic heterocycles. The second-order valence-corrected chi connectivity index (χ2v) is 7.68. The summed E-state index contributed by atoms with van der Waals surface area (Å²) in [4.78, 5) is 14.0. The summed E-state index contributed by atoms with van der Waals surface area (Å²) in [5, 5.41) is 5.07. The lowest BCUT2D eigenvalue weighted by molar-refractivity contribution is 0.0697. The highest BCUT2D eigenvalue weighted by Gasteiger charge is 2.27. The highest BCUT2D eigenvalue weighted by atomic mass is 79.9. The normalized spacial score (nSPS) is 17.2. The van der Waals surface area contributed by atoms with Gasteiger partial charge >= 0.3 is 0 Å². The van der Waals surface area contributed by atoms with Crippen molar-refractivity contribution in [3.63, 3.8) is 0 Å². The minimum Gasteiger partial charge on any atom is -0.336 e. The number of carbonyl (C=O) groups excluding carboxylic acids is 1. The minimum atomic E-state index is -3.67. The molecule has 0 atom stereocenters. The van der Waals surface area contributed by atoms with Crippen LogP contribution in [0.4, 0.5) is 0 Å². The Morgan fingerprint density at radius 1 is 1.15 bits per heavy atom. The van der Waals surface area contributed by atoms with E-state index in [2.05, 4.69) is 31.9 Å². The van der Waals surface area contributed by atoms with Crippen LogP contribution in [0.15, 0.2) is 27.1 Å². The fourth-order valence-corrected chi connectivity index (χ4v) is 3.87. The van der Waals surface area contributed by atoms with E-state index in [9.17, 15) is 13.2 Å². The van der Waals surface area contributed by atoms with Gasteiger partial charge in [0, 0.05) is 35.1 Å². The topological polar surface area (TPSA) is 83.7 Å². The van der Waals surface area contributed by atoms with Gasteiger partial charge < -0.3 is 4.90 Å². The lowest BCUT2D eigenvalue weighted by atomic mass is 10.2. The summed E-state index contributed by atoms with van der Waals surface area (Å²) in [5.41, 5.74) is 0.553. The third-order valence-corrected chi connectivity index (χ3v) is 5.28. The van der Waals surface area contributed by atoms with E-state index in [0.29, 0.717) is 23.1 Å². The minimum absolute atomic E-state index is 0.126. The molecule has 0 aromatic heterocycles. The SMILES string of the molecule is NS(=O)(=O)N1CCN(C(=O)c2ccc(Br)cc2Br)CC1. The van der Waals surface area contributed by atoms with Crippen molar-refractivity contribution in [2.45, 2.75) is 0 Å². The average molecular weight is 427 g/mol. The number of nitrogens with zero attached hydrogens (tertiary/aromatic N) is 2. The van der Waals surface area contributed by atoms with Gasteiger partial charge in [0.25, 0.3) is 16.1 Å². The van der Waals surface area contributed by atoms with Gasteiger partial charge in [-0.25, -0.2) is 5.14 Å². The number of nitrogens with two attached hydrogens (primary N) is 1. The van der Waals surface area contributed by atoms with Gasteiger partial charge in [-0.05, 0) is 34.1 Å². The molecular formula is C11H13Br2N3O3S. The Kier molecular flexibility index (Phi) is 4.85. The molecule has 0 radical (unpaired) electrons. The molecule has 1 aromatic carbocycles. The summed E-state index contributed by atoms with van der Waals surface area (Å²) < 4.78 is 25.2. The predicted molar refractivity (Wildman–Crippen MR) is 82.4 cm³/mol. The third kappa shape index (κ3) is 3.59. The summed E-state index contributed by atoms with van der Waals surface area (Å²) in [6, 6.07) is 5.31. The zero-order valence-electron chi connectivity index (χ0n) is 10.4. The quantitative estimate of drug-likeness (QED) is 0.770. The van der Waals surface area contributed by atoms with Gasteiger partial charge in [0.2, 0.25) is 0 Å². The van der Waals surface area contributed by atoms with Gasteiger partial charge in [-0.3, -0.25) is 4.79 Å². The second-order valence-electron chi connectivity index (χ2n) is 4.36. The van der Waals surface area contributed by atoms with Crippen LogP contribution < -0.4 is 5.14 Å². The molecule has 1 amide bonds. The predicted octanol–water partition coefficient (Wildman–Crippen LogP) is 1.17. The molecule has 1 saturated heterocycles. The molecule has 0 saturated carbocycles. The Morgan fingerprint density at radius 2 is 1.75 bits per heavy atom. The lowest BCUT2D eigenvalue weighted by Gasteiger charge is -2.33. The second kappa shape index (κ2) is 6.10. The smallest absolute Gasteiger partial charge is 0.277 e. The molecule has 9 heteroatoms. The monoisotopic (exact) mass is 425 g/mol. The Bertz CT molecular complexity index is 628. The molecule has 0 aliphatic carbocycles. The number of piperazine rings is 1. The molecule has 1 aromatic rings. The highest BCUT2D eigenvalue weighted by molar-refractivity contribution is 9.11. The largest absolute Gasteiger partial charge is 0.336 e. The molecule has 1 heterocycles. The summed E-state index contributed by atoms with van der Waals surface area (Å²) >= 11 is 6.68. The summed E-state index contributed by atoms with van der Waals surface area (Å²) in [7, 11) is -3.67. The van der Waals surface area contributed by atoms with Gasteiger partial charge in [0.05, 0.1) is 5.56 Å². The molecule has 20 heavy (non-hydrogen) atoms. The van der Waals surface area contributed by atoms with Crippen LogP contribution in [0, 0.1) is 0 Å². The third-order valence-electron chi connectivity index (χ3n) is 3.05. The standard InChI is InChI=1S/C11H13Br2N3O3S/c12-8-1-2-9(10(13)7-8)11(17)15-3-5-16(6-4-15)20(14,18)19/h1-2,7H,3-6H2,(H2,14,18,19). The number of benzene rings is 1. The van der Waals surface area contributed by atoms with Crippen molar-refractivity contribution in [1.29, 1.82) is 0 Å². The summed E-state index contributed by atoms with van der Waals surface area (Å²) in [5.74, 6) is -0.126. The maximum Gasteiger partial charge on any atom is 0.277 e. The molecular weight excluding hydrogens is 414 g/mol. The first-order valence-corrected chi connectivity index (χ1v) is 8.90. The Labute approximate surface area is 134 Å². The number of rotatable bonds is 2. The number of halogens is 2. The van der Waals surface area contributed by atoms with Crippen molar-refractivity contribution in [2.75, 3.05) is 26.2 Å². The van der Waals surface area contributed by atoms with E-state index in [4.69, 9.17) is 5.14 Å². The number of carbonyl (C=O) groups is 1. The van der Waals surface area contributed by atoms with E-state index in [-0.39, 0.29) is 19.0 Å². The van der Waals surface area contributed by atoms with E-state index in [1.807, 2.05) is 0 Å². The van der Waals surface area contributed by atoms with E-state index in [0.717, 1.165) is 4.47 Å². The summed E-state index contributed by atoms with van der Waals surface area (Å²) in [6.45, 7) is 1.10. The number of hydrogen-bond acceptors (Lipinski definition) is 3. The van der Waals surface area contributed by atoms with E-state index >= 15 is 0 Å². The molecule has 1 fully saturated rings. The first kappa shape index (κ1) is 15.9. The van der Waals surface area contributed by atoms with Crippen LogP contribution in [0.3, 0.4) is 0 Å². The van der Waals surface area contributed by atoms with Crippen molar-refractivity contribution < 1.29 is 13.2 Å². The molecule has 0 unspecified atom stereocenters. The van der Waals surface area contributed by atoms with Crippen LogP contribution in [-0.2, 0) is 10.2 Å². The van der Waals surface area contributed by atoms with E-state index in [1.165, 1.54) is 4.31 Å². The van der Waals surface area contributed by atoms with Crippen molar-refractivity contribution in [1.82, 2.24) is 9.21 Å². The average Bonchev–Trinajstić information content (AvgIpc) is 2.37. The molecule has 0 spiro atoms. The fraction of sp³-hybridized carbons (Fsp3) is 0.364. The van der Waals surface area contributed by atoms with E-state index in [1.54, 1.807) is 23.1 Å². The first-order valence-electron chi connectivity index (χ1n) is 5.81. The van der Waals surface area contributed by atoms with Crippen molar-refractivity contribution >= 4 is 48.0 Å². The fourth-order valence-electron chi connectivity index (χ4n) is 1.98. The zero-order chi connectivity index (χ0) is 14.9. The molecule has 2 rings (SSSR count). The van der Waals surface area contributed by atoms with Gasteiger partial charge in [-0.15, -0.1) is 0 Å². The van der Waals surface area contributed by atoms with Gasteiger partial charge in [-0.2, -0.15) is 12.7 Å². The van der Waals surface area contributed by atoms with E-state index < -0.39 is 10.2 Å². The van der Waals surface area contributed by atoms with Gasteiger partial charge in [0.15, 0.2) is 0 Å². The van der Waals surface area contributed by atoms with Crippen LogP contribution in [0.1, 0.15) is 10.4 Å². The van der Waals surface area contributed by atoms with Crippen LogP contribution in [0.5, 0.6) is 0 Å². The van der Waals surface area contributed by atoms with Crippen molar-refractivity contribution in [2.24, 2.45) is 5.14 Å². The highest BCUT2D eigenvalue weighted by Crippen LogP contribution is 2.23. The Morgan fingerprint density at radius 3 is 2.25 bits per heavy atom. The van der Waals surface area contributed by atoms with Crippen LogP contribution in [0.25, 0.3) is 0 Å². The van der Waals surface area contributed by atoms with Crippen molar-refractivity contribution in [3.8, 4) is 0 Å². The zero-order valence-corrected chi connectivity index (χ0v) is 14.4. The lowest BCUT2D eigenvalue weighted by Crippen LogP contribution is -2.52. The molecule has 2 N–H and O–H groups in total. The summed E-state index contributed by atoms with van der Waals surface area (Å²) in [6.07, 6.45) is 0. The van der Waals surface area contributed by atoms with Crippen molar-refractivity contribution in [3.05, 3.63) is 32.7 Å². The van der Waals surface area contributed by atoms with Crippen LogP contribution in [0.2, 0.25) is 0 Å². The molecule has 110 valence electrons. The molecule has 1 aliphatic rings. The Hall–Kier alpha value is -0.480. The maximum atomic E-state index is 12.4. The van der Waals surface area contributed by atoms with Gasteiger partial charge in [0.1, 0.15) is 0 Å². The first-order chi connectivity index (χ1) is 9.29. The molecule has 0 bridgehead atoms. The van der Waals surface area contributed by atoms with Crippen LogP contribution in [-0.4, -0.2) is 49.7 Å². The number of amides is 1. The molecule has 6 nitrogen and oxygen atoms in total. The Balaban J connectivity index is 2.09. The number of hydrogen-bond donors (Lipinski definition) is 1. The van der Waals surface area contributed by atoms with Crippen LogP contribution >= 0.6 is 31.9 Å².